The molecule has 0 spiro atoms. The van der Waals surface area contributed by atoms with Crippen molar-refractivity contribution in [2.24, 2.45) is 7.05 Å². The first-order chi connectivity index (χ1) is 11.5. The molecule has 1 amide bonds. The van der Waals surface area contributed by atoms with Crippen molar-refractivity contribution >= 4 is 5.91 Å². The van der Waals surface area contributed by atoms with Crippen molar-refractivity contribution in [2.75, 3.05) is 7.05 Å². The molecule has 1 aromatic carbocycles. The Morgan fingerprint density at radius 3 is 2.75 bits per heavy atom. The number of rotatable bonds is 4. The van der Waals surface area contributed by atoms with Gasteiger partial charge in [0.25, 0.3) is 5.91 Å². The standard InChI is InChI=1S/C19H20N4O/c1-14-5-4-6-15(9-14)16-10-17(12-20-11-16)19(24)23(3)13-18-21-7-8-22(18)2/h4-12H,13H2,1-3H3. The van der Waals surface area contributed by atoms with Gasteiger partial charge in [-0.3, -0.25) is 9.78 Å². The zero-order chi connectivity index (χ0) is 17.1. The first-order valence-corrected chi connectivity index (χ1v) is 7.78. The maximum absolute atomic E-state index is 12.7. The summed E-state index contributed by atoms with van der Waals surface area (Å²) >= 11 is 0. The number of pyridine rings is 1. The lowest BCUT2D eigenvalue weighted by molar-refractivity contribution is 0.0780. The van der Waals surface area contributed by atoms with Crippen LogP contribution in [0.5, 0.6) is 0 Å². The lowest BCUT2D eigenvalue weighted by Crippen LogP contribution is -2.27. The van der Waals surface area contributed by atoms with Crippen LogP contribution < -0.4 is 0 Å². The van der Waals surface area contributed by atoms with Gasteiger partial charge in [0, 0.05) is 44.4 Å². The smallest absolute Gasteiger partial charge is 0.255 e. The summed E-state index contributed by atoms with van der Waals surface area (Å²) in [4.78, 5) is 22.8. The van der Waals surface area contributed by atoms with Crippen molar-refractivity contribution in [3.05, 3.63) is 72.1 Å². The highest BCUT2D eigenvalue weighted by atomic mass is 16.2. The third kappa shape index (κ3) is 3.35. The van der Waals surface area contributed by atoms with E-state index in [0.29, 0.717) is 12.1 Å². The van der Waals surface area contributed by atoms with Crippen LogP contribution in [0.4, 0.5) is 0 Å². The van der Waals surface area contributed by atoms with Gasteiger partial charge in [-0.05, 0) is 18.6 Å². The van der Waals surface area contributed by atoms with Crippen LogP contribution in [0, 0.1) is 6.92 Å². The van der Waals surface area contributed by atoms with E-state index in [9.17, 15) is 4.79 Å². The molecule has 0 atom stereocenters. The summed E-state index contributed by atoms with van der Waals surface area (Å²) < 4.78 is 1.91. The lowest BCUT2D eigenvalue weighted by atomic mass is 10.0. The van der Waals surface area contributed by atoms with E-state index < -0.39 is 0 Å². The number of nitrogens with zero attached hydrogens (tertiary/aromatic N) is 4. The van der Waals surface area contributed by atoms with Gasteiger partial charge >= 0.3 is 0 Å². The van der Waals surface area contributed by atoms with E-state index >= 15 is 0 Å². The van der Waals surface area contributed by atoms with E-state index in [4.69, 9.17) is 0 Å². The van der Waals surface area contributed by atoms with Crippen molar-refractivity contribution < 1.29 is 4.79 Å². The van der Waals surface area contributed by atoms with Gasteiger partial charge in [0.05, 0.1) is 12.1 Å². The van der Waals surface area contributed by atoms with Gasteiger partial charge in [0.15, 0.2) is 0 Å². The average molecular weight is 320 g/mol. The normalized spacial score (nSPS) is 10.6. The van der Waals surface area contributed by atoms with Crippen LogP contribution in [0.1, 0.15) is 21.7 Å². The second kappa shape index (κ2) is 6.66. The zero-order valence-electron chi connectivity index (χ0n) is 14.1. The van der Waals surface area contributed by atoms with Crippen LogP contribution in [0.2, 0.25) is 0 Å². The molecule has 2 aromatic heterocycles. The lowest BCUT2D eigenvalue weighted by Gasteiger charge is -2.17. The van der Waals surface area contributed by atoms with Crippen molar-refractivity contribution in [2.45, 2.75) is 13.5 Å². The Morgan fingerprint density at radius 2 is 2.04 bits per heavy atom. The number of carbonyl (C=O) groups is 1. The number of aryl methyl sites for hydroxylation is 2. The summed E-state index contributed by atoms with van der Waals surface area (Å²) in [6.07, 6.45) is 6.99. The number of aromatic nitrogens is 3. The molecule has 0 saturated carbocycles. The SMILES string of the molecule is Cc1cccc(-c2cncc(C(=O)N(C)Cc3nccn3C)c2)c1. The van der Waals surface area contributed by atoms with Crippen LogP contribution >= 0.6 is 0 Å². The molecule has 0 N–H and O–H groups in total. The van der Waals surface area contributed by atoms with Gasteiger partial charge in [-0.1, -0.05) is 29.8 Å². The Balaban J connectivity index is 1.83. The number of imidazole rings is 1. The Morgan fingerprint density at radius 1 is 1.21 bits per heavy atom. The van der Waals surface area contributed by atoms with Gasteiger partial charge in [0.1, 0.15) is 5.82 Å². The number of amides is 1. The number of carbonyl (C=O) groups excluding carboxylic acids is 1. The number of hydrogen-bond donors (Lipinski definition) is 0. The molecule has 5 nitrogen and oxygen atoms in total. The van der Waals surface area contributed by atoms with Crippen LogP contribution in [-0.4, -0.2) is 32.4 Å². The fraction of sp³-hybridized carbons (Fsp3) is 0.211. The van der Waals surface area contributed by atoms with Crippen LogP contribution in [0.25, 0.3) is 11.1 Å². The largest absolute Gasteiger partial charge is 0.337 e. The quantitative estimate of drug-likeness (QED) is 0.742. The molecule has 0 aliphatic rings. The molecule has 0 unspecified atom stereocenters. The van der Waals surface area contributed by atoms with Gasteiger partial charge < -0.3 is 9.47 Å². The Hall–Kier alpha value is -2.95. The second-order valence-electron chi connectivity index (χ2n) is 5.95. The topological polar surface area (TPSA) is 51.0 Å². The predicted molar refractivity (Wildman–Crippen MR) is 93.4 cm³/mol. The van der Waals surface area contributed by atoms with Crippen molar-refractivity contribution in [3.63, 3.8) is 0 Å². The van der Waals surface area contributed by atoms with Gasteiger partial charge in [-0.15, -0.1) is 0 Å². The first kappa shape index (κ1) is 15.9. The van der Waals surface area contributed by atoms with Crippen molar-refractivity contribution in [1.82, 2.24) is 19.4 Å². The highest BCUT2D eigenvalue weighted by Crippen LogP contribution is 2.21. The number of hydrogen-bond acceptors (Lipinski definition) is 3. The molecule has 3 rings (SSSR count). The van der Waals surface area contributed by atoms with Crippen molar-refractivity contribution in [3.8, 4) is 11.1 Å². The molecule has 0 saturated heterocycles. The highest BCUT2D eigenvalue weighted by Gasteiger charge is 2.15. The second-order valence-corrected chi connectivity index (χ2v) is 5.95. The molecule has 0 bridgehead atoms. The third-order valence-corrected chi connectivity index (χ3v) is 3.98. The summed E-state index contributed by atoms with van der Waals surface area (Å²) in [5, 5.41) is 0. The molecule has 0 aliphatic carbocycles. The minimum atomic E-state index is -0.0694. The van der Waals surface area contributed by atoms with E-state index in [1.54, 1.807) is 30.5 Å². The maximum atomic E-state index is 12.7. The number of benzene rings is 1. The van der Waals surface area contributed by atoms with E-state index in [2.05, 4.69) is 16.0 Å². The monoisotopic (exact) mass is 320 g/mol. The predicted octanol–water partition coefficient (Wildman–Crippen LogP) is 3.06. The van der Waals surface area contributed by atoms with E-state index in [1.807, 2.05) is 49.0 Å². The van der Waals surface area contributed by atoms with Crippen molar-refractivity contribution in [1.29, 1.82) is 0 Å². The maximum Gasteiger partial charge on any atom is 0.255 e. The first-order valence-electron chi connectivity index (χ1n) is 7.78. The van der Waals surface area contributed by atoms with Crippen LogP contribution in [0.15, 0.2) is 55.1 Å². The van der Waals surface area contributed by atoms with Gasteiger partial charge in [-0.25, -0.2) is 4.98 Å². The molecule has 2 heterocycles. The third-order valence-electron chi connectivity index (χ3n) is 3.98. The molecular weight excluding hydrogens is 300 g/mol. The minimum Gasteiger partial charge on any atom is -0.337 e. The summed E-state index contributed by atoms with van der Waals surface area (Å²) in [5.41, 5.74) is 3.75. The Kier molecular flexibility index (Phi) is 4.42. The van der Waals surface area contributed by atoms with E-state index in [1.165, 1.54) is 5.56 Å². The molecule has 5 heteroatoms. The van der Waals surface area contributed by atoms with E-state index in [-0.39, 0.29) is 5.91 Å². The molecule has 122 valence electrons. The fourth-order valence-corrected chi connectivity index (χ4v) is 2.59. The average Bonchev–Trinajstić information content (AvgIpc) is 2.99. The van der Waals surface area contributed by atoms with Crippen LogP contribution in [0.3, 0.4) is 0 Å². The summed E-state index contributed by atoms with van der Waals surface area (Å²) in [7, 11) is 3.69. The molecule has 0 aliphatic heterocycles. The molecule has 3 aromatic rings. The summed E-state index contributed by atoms with van der Waals surface area (Å²) in [5.74, 6) is 0.772. The zero-order valence-corrected chi connectivity index (χ0v) is 14.1. The molecule has 0 fully saturated rings. The fourth-order valence-electron chi connectivity index (χ4n) is 2.59. The minimum absolute atomic E-state index is 0.0694. The highest BCUT2D eigenvalue weighted by molar-refractivity contribution is 5.94. The summed E-state index contributed by atoms with van der Waals surface area (Å²) in [6.45, 7) is 2.50. The molecule has 0 radical (unpaired) electrons. The van der Waals surface area contributed by atoms with Crippen LogP contribution in [-0.2, 0) is 13.6 Å². The van der Waals surface area contributed by atoms with Gasteiger partial charge in [0.2, 0.25) is 0 Å². The molecule has 24 heavy (non-hydrogen) atoms. The van der Waals surface area contributed by atoms with E-state index in [0.717, 1.165) is 17.0 Å². The summed E-state index contributed by atoms with van der Waals surface area (Å²) in [6, 6.07) is 10.1. The Labute approximate surface area is 141 Å². The Bertz CT molecular complexity index is 869. The van der Waals surface area contributed by atoms with Gasteiger partial charge in [-0.2, -0.15) is 0 Å². The molecular formula is C19H20N4O.